The average Bonchev–Trinajstić information content (AvgIpc) is 3.24. The molecule has 0 unspecified atom stereocenters. The lowest BCUT2D eigenvalue weighted by atomic mass is 9.95. The Morgan fingerprint density at radius 2 is 1.74 bits per heavy atom. The van der Waals surface area contributed by atoms with Crippen molar-refractivity contribution >= 4 is 5.71 Å². The second-order valence-corrected chi connectivity index (χ2v) is 7.44. The SMILES string of the molecule is COc1cc([C@H]2Oc3c(OC)cccc3[C@@H]3CC(c4ccccc4O)=NN23)ccc1O. The van der Waals surface area contributed by atoms with Crippen LogP contribution in [0.4, 0.5) is 0 Å². The summed E-state index contributed by atoms with van der Waals surface area (Å²) in [7, 11) is 3.12. The van der Waals surface area contributed by atoms with Crippen molar-refractivity contribution in [1.82, 2.24) is 5.01 Å². The number of ether oxygens (including phenoxy) is 3. The van der Waals surface area contributed by atoms with Gasteiger partial charge in [-0.25, -0.2) is 5.01 Å². The Morgan fingerprint density at radius 3 is 2.52 bits per heavy atom. The van der Waals surface area contributed by atoms with Crippen LogP contribution < -0.4 is 14.2 Å². The number of aromatic hydroxyl groups is 2. The number of phenols is 2. The van der Waals surface area contributed by atoms with Gasteiger partial charge in [-0.2, -0.15) is 5.10 Å². The van der Waals surface area contributed by atoms with E-state index in [1.165, 1.54) is 7.11 Å². The third-order valence-electron chi connectivity index (χ3n) is 5.70. The molecule has 158 valence electrons. The zero-order valence-electron chi connectivity index (χ0n) is 17.1. The molecule has 3 aromatic carbocycles. The van der Waals surface area contributed by atoms with E-state index in [2.05, 4.69) is 0 Å². The van der Waals surface area contributed by atoms with Gasteiger partial charge in [0, 0.05) is 23.1 Å². The normalized spacial score (nSPS) is 19.2. The molecule has 3 aromatic rings. The molecule has 0 saturated heterocycles. The number of hydrogen-bond acceptors (Lipinski definition) is 7. The highest BCUT2D eigenvalue weighted by atomic mass is 16.5. The molecule has 2 aliphatic rings. The summed E-state index contributed by atoms with van der Waals surface area (Å²) in [4.78, 5) is 0. The summed E-state index contributed by atoms with van der Waals surface area (Å²) in [6.07, 6.45) is 0.0407. The van der Waals surface area contributed by atoms with Gasteiger partial charge in [0.15, 0.2) is 23.0 Å². The summed E-state index contributed by atoms with van der Waals surface area (Å²) < 4.78 is 17.2. The first-order valence-corrected chi connectivity index (χ1v) is 9.95. The lowest BCUT2D eigenvalue weighted by Crippen LogP contribution is -2.33. The van der Waals surface area contributed by atoms with E-state index in [1.54, 1.807) is 37.4 Å². The number of methoxy groups -OCH3 is 2. The van der Waals surface area contributed by atoms with Crippen molar-refractivity contribution in [2.24, 2.45) is 5.10 Å². The van der Waals surface area contributed by atoms with Gasteiger partial charge in [0.05, 0.1) is 26.0 Å². The molecule has 0 amide bonds. The summed E-state index contributed by atoms with van der Waals surface area (Å²) >= 11 is 0. The first-order valence-electron chi connectivity index (χ1n) is 9.95. The van der Waals surface area contributed by atoms with Crippen LogP contribution in [0.25, 0.3) is 0 Å². The van der Waals surface area contributed by atoms with Crippen molar-refractivity contribution in [3.05, 3.63) is 77.4 Å². The molecule has 31 heavy (non-hydrogen) atoms. The van der Waals surface area contributed by atoms with E-state index in [0.29, 0.717) is 29.2 Å². The Kier molecular flexibility index (Phi) is 4.58. The number of nitrogens with zero attached hydrogens (tertiary/aromatic N) is 2. The van der Waals surface area contributed by atoms with Gasteiger partial charge in [0.2, 0.25) is 6.23 Å². The van der Waals surface area contributed by atoms with Crippen LogP contribution in [0.1, 0.15) is 35.4 Å². The maximum Gasteiger partial charge on any atom is 0.214 e. The quantitative estimate of drug-likeness (QED) is 0.655. The molecular formula is C24H22N2O5. The summed E-state index contributed by atoms with van der Waals surface area (Å²) in [5.41, 5.74) is 3.22. The second-order valence-electron chi connectivity index (χ2n) is 7.44. The summed E-state index contributed by atoms with van der Waals surface area (Å²) in [6, 6.07) is 18.0. The second kappa shape index (κ2) is 7.43. The van der Waals surface area contributed by atoms with Crippen molar-refractivity contribution in [2.75, 3.05) is 14.2 Å². The van der Waals surface area contributed by atoms with Crippen molar-refractivity contribution in [1.29, 1.82) is 0 Å². The van der Waals surface area contributed by atoms with Crippen LogP contribution in [-0.4, -0.2) is 35.2 Å². The lowest BCUT2D eigenvalue weighted by molar-refractivity contribution is -0.0210. The molecule has 2 aliphatic heterocycles. The highest BCUT2D eigenvalue weighted by molar-refractivity contribution is 6.04. The Morgan fingerprint density at radius 1 is 0.935 bits per heavy atom. The van der Waals surface area contributed by atoms with Crippen molar-refractivity contribution < 1.29 is 24.4 Å². The fourth-order valence-corrected chi connectivity index (χ4v) is 4.19. The van der Waals surface area contributed by atoms with Gasteiger partial charge in [-0.15, -0.1) is 0 Å². The fraction of sp³-hybridized carbons (Fsp3) is 0.208. The molecule has 0 radical (unpaired) electrons. The standard InChI is InChI=1S/C24H22N2O5/c1-29-21-9-5-7-16-18-13-17(15-6-3-4-8-19(15)27)25-26(18)24(31-23(16)21)14-10-11-20(28)22(12-14)30-2/h3-12,18,24,27-28H,13H2,1-2H3/t18-,24+/m0/s1. The van der Waals surface area contributed by atoms with Gasteiger partial charge in [0.25, 0.3) is 0 Å². The molecule has 2 atom stereocenters. The molecule has 7 nitrogen and oxygen atoms in total. The van der Waals surface area contributed by atoms with Crippen LogP contribution in [-0.2, 0) is 0 Å². The third-order valence-corrected chi connectivity index (χ3v) is 5.70. The first kappa shape index (κ1) is 19.1. The predicted octanol–water partition coefficient (Wildman–Crippen LogP) is 4.36. The van der Waals surface area contributed by atoms with Gasteiger partial charge >= 0.3 is 0 Å². The smallest absolute Gasteiger partial charge is 0.214 e. The minimum absolute atomic E-state index is 0.0522. The molecular weight excluding hydrogens is 396 g/mol. The molecule has 0 bridgehead atoms. The van der Waals surface area contributed by atoms with Crippen molar-refractivity contribution in [3.63, 3.8) is 0 Å². The average molecular weight is 418 g/mol. The van der Waals surface area contributed by atoms with Crippen LogP contribution >= 0.6 is 0 Å². The third kappa shape index (κ3) is 3.09. The number of phenolic OH excluding ortho intramolecular Hbond substituents is 2. The van der Waals surface area contributed by atoms with Crippen molar-refractivity contribution in [2.45, 2.75) is 18.7 Å². The lowest BCUT2D eigenvalue weighted by Gasteiger charge is -2.38. The maximum atomic E-state index is 10.4. The highest BCUT2D eigenvalue weighted by Gasteiger charge is 2.42. The minimum Gasteiger partial charge on any atom is -0.507 e. The summed E-state index contributed by atoms with van der Waals surface area (Å²) in [6.45, 7) is 0. The number of para-hydroxylation sites is 2. The molecule has 7 heteroatoms. The number of rotatable bonds is 4. The number of hydrazone groups is 1. The molecule has 5 rings (SSSR count). The minimum atomic E-state index is -0.563. The number of benzene rings is 3. The Bertz CT molecular complexity index is 1180. The largest absolute Gasteiger partial charge is 0.507 e. The van der Waals surface area contributed by atoms with E-state index < -0.39 is 6.23 Å². The first-order chi connectivity index (χ1) is 15.1. The van der Waals surface area contributed by atoms with E-state index in [4.69, 9.17) is 19.3 Å². The van der Waals surface area contributed by atoms with E-state index in [9.17, 15) is 10.2 Å². The van der Waals surface area contributed by atoms with Gasteiger partial charge in [0.1, 0.15) is 5.75 Å². The summed E-state index contributed by atoms with van der Waals surface area (Å²) in [5, 5.41) is 27.1. The van der Waals surface area contributed by atoms with E-state index in [1.807, 2.05) is 35.3 Å². The van der Waals surface area contributed by atoms with Gasteiger partial charge in [-0.3, -0.25) is 0 Å². The van der Waals surface area contributed by atoms with Crippen LogP contribution in [0.2, 0.25) is 0 Å². The molecule has 0 fully saturated rings. The van der Waals surface area contributed by atoms with Crippen molar-refractivity contribution in [3.8, 4) is 28.7 Å². The molecule has 0 spiro atoms. The number of hydrogen-bond donors (Lipinski definition) is 2. The Labute approximate surface area is 179 Å². The molecule has 0 saturated carbocycles. The van der Waals surface area contributed by atoms with Crippen LogP contribution in [0.15, 0.2) is 65.8 Å². The monoisotopic (exact) mass is 418 g/mol. The topological polar surface area (TPSA) is 83.8 Å². The number of fused-ring (bicyclic) bond motifs is 3. The van der Waals surface area contributed by atoms with Crippen LogP contribution in [0.5, 0.6) is 28.7 Å². The zero-order valence-corrected chi connectivity index (χ0v) is 17.1. The zero-order chi connectivity index (χ0) is 21.5. The summed E-state index contributed by atoms with van der Waals surface area (Å²) in [5.74, 6) is 1.90. The van der Waals surface area contributed by atoms with Crippen LogP contribution in [0.3, 0.4) is 0 Å². The van der Waals surface area contributed by atoms with E-state index in [-0.39, 0.29) is 17.5 Å². The predicted molar refractivity (Wildman–Crippen MR) is 115 cm³/mol. The Balaban J connectivity index is 1.64. The Hall–Kier alpha value is -3.87. The molecule has 0 aromatic heterocycles. The van der Waals surface area contributed by atoms with Crippen LogP contribution in [0, 0.1) is 0 Å². The fourth-order valence-electron chi connectivity index (χ4n) is 4.19. The highest BCUT2D eigenvalue weighted by Crippen LogP contribution is 2.51. The van der Waals surface area contributed by atoms with E-state index in [0.717, 1.165) is 16.8 Å². The van der Waals surface area contributed by atoms with E-state index >= 15 is 0 Å². The van der Waals surface area contributed by atoms with Gasteiger partial charge < -0.3 is 24.4 Å². The molecule has 2 N–H and O–H groups in total. The molecule has 0 aliphatic carbocycles. The maximum absolute atomic E-state index is 10.4. The van der Waals surface area contributed by atoms with Gasteiger partial charge in [-0.1, -0.05) is 24.3 Å². The van der Waals surface area contributed by atoms with Gasteiger partial charge in [-0.05, 0) is 36.4 Å². The molecule has 2 heterocycles.